The Morgan fingerprint density at radius 1 is 0.967 bits per heavy atom. The van der Waals surface area contributed by atoms with Crippen LogP contribution in [0.3, 0.4) is 0 Å². The highest BCUT2D eigenvalue weighted by Gasteiger charge is 2.20. The van der Waals surface area contributed by atoms with Gasteiger partial charge in [0.25, 0.3) is 0 Å². The first-order valence-electron chi connectivity index (χ1n) is 9.39. The number of allylic oxidation sites excluding steroid dienone is 5. The molecule has 4 nitrogen and oxygen atoms in total. The van der Waals surface area contributed by atoms with Gasteiger partial charge in [0.2, 0.25) is 0 Å². The van der Waals surface area contributed by atoms with E-state index in [9.17, 15) is 9.59 Å². The number of carbonyl (C=O) groups excluding carboxylic acids is 2. The highest BCUT2D eigenvalue weighted by Crippen LogP contribution is 2.31. The summed E-state index contributed by atoms with van der Waals surface area (Å²) in [4.78, 5) is 25.2. The monoisotopic (exact) mass is 400 g/mol. The Morgan fingerprint density at radius 3 is 2.33 bits per heavy atom. The molecule has 0 saturated carbocycles. The molecule has 0 aliphatic carbocycles. The third-order valence-electron chi connectivity index (χ3n) is 4.09. The van der Waals surface area contributed by atoms with Crippen molar-refractivity contribution in [2.75, 3.05) is 0 Å². The summed E-state index contributed by atoms with van der Waals surface area (Å²) in [6.45, 7) is 11.0. The molecule has 0 atom stereocenters. The molecule has 0 aromatic heterocycles. The molecule has 0 heterocycles. The molecule has 152 valence electrons. The van der Waals surface area contributed by atoms with Crippen molar-refractivity contribution in [3.63, 3.8) is 0 Å². The molecule has 0 amide bonds. The maximum Gasteiger partial charge on any atom is 0.343 e. The average Bonchev–Trinajstić information content (AvgIpc) is 2.75. The van der Waals surface area contributed by atoms with Gasteiger partial charge in [-0.3, -0.25) is 0 Å². The normalized spacial score (nSPS) is 11.8. The third kappa shape index (κ3) is 5.79. The van der Waals surface area contributed by atoms with Crippen LogP contribution in [0.2, 0.25) is 0 Å². The topological polar surface area (TPSA) is 52.6 Å². The van der Waals surface area contributed by atoms with Crippen molar-refractivity contribution >= 4 is 17.7 Å². The highest BCUT2D eigenvalue weighted by molar-refractivity contribution is 5.95. The average molecular weight is 400 g/mol. The van der Waals surface area contributed by atoms with Crippen molar-refractivity contribution in [1.29, 1.82) is 0 Å². The first kappa shape index (κ1) is 22.4. The Hall–Kier alpha value is -3.92. The van der Waals surface area contributed by atoms with Crippen LogP contribution in [-0.4, -0.2) is 11.9 Å². The van der Waals surface area contributed by atoms with Crippen molar-refractivity contribution < 1.29 is 19.1 Å². The number of benzene rings is 2. The predicted molar refractivity (Wildman–Crippen MR) is 120 cm³/mol. The lowest BCUT2D eigenvalue weighted by molar-refractivity contribution is -0.129. The van der Waals surface area contributed by atoms with Crippen LogP contribution in [0.1, 0.15) is 28.4 Å². The zero-order valence-electron chi connectivity index (χ0n) is 17.1. The quantitative estimate of drug-likeness (QED) is 0.180. The van der Waals surface area contributed by atoms with Crippen LogP contribution in [0.5, 0.6) is 5.75 Å². The van der Waals surface area contributed by atoms with E-state index < -0.39 is 11.9 Å². The molecule has 2 rings (SSSR count). The second-order valence-corrected chi connectivity index (χ2v) is 6.21. The number of ether oxygens (including phenoxy) is 2. The van der Waals surface area contributed by atoms with E-state index in [4.69, 9.17) is 9.47 Å². The molecule has 2 aromatic carbocycles. The lowest BCUT2D eigenvalue weighted by Gasteiger charge is -2.16. The second-order valence-electron chi connectivity index (χ2n) is 6.21. The Balaban J connectivity index is 2.42. The largest absolute Gasteiger partial charge is 0.422 e. The Bertz CT molecular complexity index is 1020. The lowest BCUT2D eigenvalue weighted by Crippen LogP contribution is -2.13. The summed E-state index contributed by atoms with van der Waals surface area (Å²) in [6, 6.07) is 13.9. The molecule has 0 unspecified atom stereocenters. The van der Waals surface area contributed by atoms with E-state index in [0.717, 1.165) is 5.56 Å². The SMILES string of the molecule is C=C/C=C(/OC(=O)c1ccccc1)c1c(C)cccc1OC(=O)/C(C=C)=C/C=C\C. The fourth-order valence-corrected chi connectivity index (χ4v) is 2.63. The van der Waals surface area contributed by atoms with Crippen LogP contribution in [-0.2, 0) is 9.53 Å². The van der Waals surface area contributed by atoms with E-state index in [-0.39, 0.29) is 11.5 Å². The Labute approximate surface area is 177 Å². The number of hydrogen-bond donors (Lipinski definition) is 0. The maximum absolute atomic E-state index is 12.6. The fourth-order valence-electron chi connectivity index (χ4n) is 2.63. The van der Waals surface area contributed by atoms with E-state index in [1.54, 1.807) is 60.7 Å². The molecule has 0 aliphatic heterocycles. The van der Waals surface area contributed by atoms with Gasteiger partial charge in [0.1, 0.15) is 11.5 Å². The van der Waals surface area contributed by atoms with E-state index >= 15 is 0 Å². The Morgan fingerprint density at radius 2 is 1.70 bits per heavy atom. The van der Waals surface area contributed by atoms with Gasteiger partial charge in [-0.15, -0.1) is 0 Å². The molecule has 4 heteroatoms. The first-order chi connectivity index (χ1) is 14.5. The molecular weight excluding hydrogens is 376 g/mol. The van der Waals surface area contributed by atoms with Gasteiger partial charge in [-0.25, -0.2) is 9.59 Å². The minimum absolute atomic E-state index is 0.234. The van der Waals surface area contributed by atoms with Crippen molar-refractivity contribution in [2.24, 2.45) is 0 Å². The van der Waals surface area contributed by atoms with Crippen molar-refractivity contribution in [2.45, 2.75) is 13.8 Å². The summed E-state index contributed by atoms with van der Waals surface area (Å²) in [7, 11) is 0. The predicted octanol–water partition coefficient (Wildman–Crippen LogP) is 5.97. The summed E-state index contributed by atoms with van der Waals surface area (Å²) >= 11 is 0. The van der Waals surface area contributed by atoms with E-state index in [1.165, 1.54) is 12.2 Å². The molecule has 0 aliphatic rings. The molecule has 0 radical (unpaired) electrons. The highest BCUT2D eigenvalue weighted by atomic mass is 16.5. The van der Waals surface area contributed by atoms with Gasteiger partial charge in [0, 0.05) is 0 Å². The standard InChI is InChI=1S/C26H24O4/c1-5-8-15-20(7-3)25(27)30-23-18-12-14-19(4)24(23)22(13-6-2)29-26(28)21-16-10-9-11-17-21/h5-18H,2-3H2,1,4H3/b8-5-,20-15+,22-13+. The summed E-state index contributed by atoms with van der Waals surface area (Å²) < 4.78 is 11.2. The smallest absolute Gasteiger partial charge is 0.343 e. The fraction of sp³-hybridized carbons (Fsp3) is 0.0769. The van der Waals surface area contributed by atoms with Gasteiger partial charge in [0.15, 0.2) is 0 Å². The summed E-state index contributed by atoms with van der Waals surface area (Å²) in [5, 5.41) is 0. The van der Waals surface area contributed by atoms with Gasteiger partial charge < -0.3 is 9.47 Å². The molecule has 2 aromatic rings. The van der Waals surface area contributed by atoms with Crippen LogP contribution < -0.4 is 4.74 Å². The van der Waals surface area contributed by atoms with E-state index in [1.807, 2.05) is 26.0 Å². The number of aryl methyl sites for hydroxylation is 1. The third-order valence-corrected chi connectivity index (χ3v) is 4.09. The van der Waals surface area contributed by atoms with E-state index in [0.29, 0.717) is 16.7 Å². The van der Waals surface area contributed by atoms with E-state index in [2.05, 4.69) is 13.2 Å². The van der Waals surface area contributed by atoms with Gasteiger partial charge >= 0.3 is 11.9 Å². The Kier molecular flexibility index (Phi) is 8.33. The van der Waals surface area contributed by atoms with Crippen molar-refractivity contribution in [3.8, 4) is 5.75 Å². The van der Waals surface area contributed by atoms with Gasteiger partial charge in [-0.1, -0.05) is 67.8 Å². The number of hydrogen-bond acceptors (Lipinski definition) is 4. The second kappa shape index (κ2) is 11.2. The van der Waals surface area contributed by atoms with Crippen LogP contribution in [0, 0.1) is 6.92 Å². The minimum atomic E-state index is -0.567. The number of esters is 2. The number of rotatable bonds is 8. The lowest BCUT2D eigenvalue weighted by atomic mass is 10.0. The van der Waals surface area contributed by atoms with Crippen LogP contribution in [0.4, 0.5) is 0 Å². The zero-order valence-corrected chi connectivity index (χ0v) is 17.1. The zero-order chi connectivity index (χ0) is 21.9. The summed E-state index contributed by atoms with van der Waals surface area (Å²) in [6.07, 6.45) is 9.62. The van der Waals surface area contributed by atoms with Gasteiger partial charge in [-0.2, -0.15) is 0 Å². The van der Waals surface area contributed by atoms with Gasteiger partial charge in [-0.05, 0) is 49.8 Å². The van der Waals surface area contributed by atoms with Crippen molar-refractivity contribution in [3.05, 3.63) is 120 Å². The van der Waals surface area contributed by atoms with Crippen LogP contribution in [0.25, 0.3) is 5.76 Å². The summed E-state index contributed by atoms with van der Waals surface area (Å²) in [5.74, 6) is -0.592. The van der Waals surface area contributed by atoms with Gasteiger partial charge in [0.05, 0.1) is 16.7 Å². The molecule has 0 saturated heterocycles. The van der Waals surface area contributed by atoms with Crippen molar-refractivity contribution in [1.82, 2.24) is 0 Å². The molecule has 0 spiro atoms. The molecule has 0 fully saturated rings. The van der Waals surface area contributed by atoms with Crippen LogP contribution in [0.15, 0.2) is 104 Å². The minimum Gasteiger partial charge on any atom is -0.422 e. The first-order valence-corrected chi connectivity index (χ1v) is 9.39. The molecule has 0 bridgehead atoms. The molecular formula is C26H24O4. The molecule has 30 heavy (non-hydrogen) atoms. The summed E-state index contributed by atoms with van der Waals surface area (Å²) in [5.41, 5.74) is 1.97. The number of carbonyl (C=O) groups is 2. The maximum atomic E-state index is 12.6. The van der Waals surface area contributed by atoms with Crippen LogP contribution >= 0.6 is 0 Å². The molecule has 0 N–H and O–H groups in total.